The molecule has 2 aromatic rings. The fraction of sp³-hybridized carbons (Fsp3) is 0.400. The van der Waals surface area contributed by atoms with Gasteiger partial charge < -0.3 is 15.1 Å². The van der Waals surface area contributed by atoms with Crippen molar-refractivity contribution in [3.8, 4) is 0 Å². The van der Waals surface area contributed by atoms with E-state index in [1.54, 1.807) is 29.7 Å². The molecule has 1 aromatic carbocycles. The van der Waals surface area contributed by atoms with Gasteiger partial charge in [0.1, 0.15) is 17.3 Å². The number of nitrogens with one attached hydrogen (secondary N) is 1. The number of aryl methyl sites for hydroxylation is 2. The van der Waals surface area contributed by atoms with Crippen molar-refractivity contribution in [2.75, 3.05) is 31.5 Å². The van der Waals surface area contributed by atoms with Gasteiger partial charge in [0.15, 0.2) is 0 Å². The number of rotatable bonds is 4. The molecule has 0 saturated carbocycles. The number of piperazine rings is 1. The Morgan fingerprint density at radius 1 is 1.00 bits per heavy atom. The molecular weight excluding hydrogens is 342 g/mol. The van der Waals surface area contributed by atoms with Crippen LogP contribution in [0.15, 0.2) is 30.3 Å². The summed E-state index contributed by atoms with van der Waals surface area (Å²) in [6.45, 7) is 8.17. The fourth-order valence-corrected chi connectivity index (χ4v) is 3.05. The number of nitrogens with zero attached hydrogens (tertiary/aromatic N) is 4. The molecule has 1 aliphatic heterocycles. The average Bonchev–Trinajstić information content (AvgIpc) is 2.66. The van der Waals surface area contributed by atoms with Crippen LogP contribution in [0, 0.1) is 13.8 Å². The van der Waals surface area contributed by atoms with E-state index in [-0.39, 0.29) is 11.8 Å². The minimum absolute atomic E-state index is 0.0440. The zero-order valence-corrected chi connectivity index (χ0v) is 16.0. The lowest BCUT2D eigenvalue weighted by molar-refractivity contribution is -0.130. The molecule has 2 amide bonds. The van der Waals surface area contributed by atoms with Gasteiger partial charge in [-0.25, -0.2) is 9.97 Å². The third kappa shape index (κ3) is 4.81. The van der Waals surface area contributed by atoms with Gasteiger partial charge in [-0.2, -0.15) is 0 Å². The summed E-state index contributed by atoms with van der Waals surface area (Å²) in [5.41, 5.74) is 2.74. The molecule has 0 aliphatic carbocycles. The van der Waals surface area contributed by atoms with Gasteiger partial charge in [-0.1, -0.05) is 29.8 Å². The van der Waals surface area contributed by atoms with Crippen LogP contribution in [0.3, 0.4) is 0 Å². The Kier molecular flexibility index (Phi) is 5.69. The molecule has 1 aromatic heterocycles. The van der Waals surface area contributed by atoms with Crippen LogP contribution < -0.4 is 5.32 Å². The fourth-order valence-electron chi connectivity index (χ4n) is 3.05. The summed E-state index contributed by atoms with van der Waals surface area (Å²) >= 11 is 0. The Balaban J connectivity index is 1.66. The average molecular weight is 367 g/mol. The zero-order chi connectivity index (χ0) is 19.4. The van der Waals surface area contributed by atoms with Crippen LogP contribution in [0.2, 0.25) is 0 Å². The van der Waals surface area contributed by atoms with Crippen LogP contribution in [-0.2, 0) is 11.3 Å². The van der Waals surface area contributed by atoms with E-state index in [4.69, 9.17) is 0 Å². The molecule has 0 unspecified atom stereocenters. The lowest BCUT2D eigenvalue weighted by Crippen LogP contribution is -2.50. The van der Waals surface area contributed by atoms with Crippen molar-refractivity contribution in [1.82, 2.24) is 19.8 Å². The first-order chi connectivity index (χ1) is 12.9. The highest BCUT2D eigenvalue weighted by atomic mass is 16.2. The number of aromatic nitrogens is 2. The highest BCUT2D eigenvalue weighted by molar-refractivity contribution is 5.93. The maximum atomic E-state index is 12.8. The Morgan fingerprint density at radius 3 is 2.26 bits per heavy atom. The van der Waals surface area contributed by atoms with Crippen molar-refractivity contribution >= 4 is 17.6 Å². The Bertz CT molecular complexity index is 827. The number of hydrogen-bond donors (Lipinski definition) is 1. The molecule has 7 nitrogen and oxygen atoms in total. The third-order valence-electron chi connectivity index (χ3n) is 4.66. The SMILES string of the molecule is CC(=O)N1CCN(C(=O)c2cc(NCc3ccc(C)cc3)nc(C)n2)CC1. The van der Waals surface area contributed by atoms with E-state index in [9.17, 15) is 9.59 Å². The van der Waals surface area contributed by atoms with Crippen LogP contribution in [-0.4, -0.2) is 57.8 Å². The molecule has 2 heterocycles. The van der Waals surface area contributed by atoms with Gasteiger partial charge in [0.05, 0.1) is 0 Å². The second kappa shape index (κ2) is 8.16. The molecule has 0 atom stereocenters. The smallest absolute Gasteiger partial charge is 0.272 e. The van der Waals surface area contributed by atoms with Crippen molar-refractivity contribution in [2.45, 2.75) is 27.3 Å². The number of carbonyl (C=O) groups is 2. The Morgan fingerprint density at radius 2 is 1.63 bits per heavy atom. The summed E-state index contributed by atoms with van der Waals surface area (Å²) in [4.78, 5) is 36.4. The van der Waals surface area contributed by atoms with Crippen LogP contribution in [0.4, 0.5) is 5.82 Å². The molecule has 0 spiro atoms. The topological polar surface area (TPSA) is 78.4 Å². The molecule has 27 heavy (non-hydrogen) atoms. The van der Waals surface area contributed by atoms with E-state index in [1.807, 2.05) is 0 Å². The van der Waals surface area contributed by atoms with Crippen molar-refractivity contribution in [3.05, 3.63) is 53.0 Å². The number of carbonyl (C=O) groups excluding carboxylic acids is 2. The van der Waals surface area contributed by atoms with Crippen molar-refractivity contribution < 1.29 is 9.59 Å². The summed E-state index contributed by atoms with van der Waals surface area (Å²) in [5.74, 6) is 1.10. The standard InChI is InChI=1S/C20H25N5O2/c1-14-4-6-17(7-5-14)13-21-19-12-18(22-15(2)23-19)20(27)25-10-8-24(9-11-25)16(3)26/h4-7,12H,8-11,13H2,1-3H3,(H,21,22,23). The molecule has 142 valence electrons. The van der Waals surface area contributed by atoms with Gasteiger partial charge in [0, 0.05) is 45.7 Å². The number of hydrogen-bond acceptors (Lipinski definition) is 5. The number of anilines is 1. The highest BCUT2D eigenvalue weighted by Gasteiger charge is 2.24. The number of benzene rings is 1. The summed E-state index contributed by atoms with van der Waals surface area (Å²) in [6, 6.07) is 9.96. The van der Waals surface area contributed by atoms with Gasteiger partial charge in [-0.05, 0) is 19.4 Å². The number of amides is 2. The van der Waals surface area contributed by atoms with Crippen LogP contribution in [0.25, 0.3) is 0 Å². The molecule has 3 rings (SSSR count). The van der Waals surface area contributed by atoms with E-state index in [0.29, 0.717) is 50.1 Å². The first-order valence-corrected chi connectivity index (χ1v) is 9.12. The van der Waals surface area contributed by atoms with Gasteiger partial charge in [0.2, 0.25) is 5.91 Å². The van der Waals surface area contributed by atoms with E-state index in [2.05, 4.69) is 46.5 Å². The molecule has 0 radical (unpaired) electrons. The lowest BCUT2D eigenvalue weighted by Gasteiger charge is -2.34. The monoisotopic (exact) mass is 367 g/mol. The summed E-state index contributed by atoms with van der Waals surface area (Å²) in [5, 5.41) is 3.27. The Hall–Kier alpha value is -2.96. The van der Waals surface area contributed by atoms with E-state index < -0.39 is 0 Å². The van der Waals surface area contributed by atoms with Gasteiger partial charge in [0.25, 0.3) is 5.91 Å². The summed E-state index contributed by atoms with van der Waals surface area (Å²) in [7, 11) is 0. The van der Waals surface area contributed by atoms with Gasteiger partial charge in [-0.3, -0.25) is 9.59 Å². The van der Waals surface area contributed by atoms with Crippen LogP contribution in [0.1, 0.15) is 34.4 Å². The predicted octanol–water partition coefficient (Wildman–Crippen LogP) is 2.01. The molecule has 1 saturated heterocycles. The third-order valence-corrected chi connectivity index (χ3v) is 4.66. The predicted molar refractivity (Wildman–Crippen MR) is 103 cm³/mol. The summed E-state index contributed by atoms with van der Waals surface area (Å²) in [6.07, 6.45) is 0. The maximum Gasteiger partial charge on any atom is 0.272 e. The minimum atomic E-state index is -0.123. The van der Waals surface area contributed by atoms with Gasteiger partial charge >= 0.3 is 0 Å². The first-order valence-electron chi connectivity index (χ1n) is 9.12. The van der Waals surface area contributed by atoms with Crippen LogP contribution in [0.5, 0.6) is 0 Å². The normalized spacial score (nSPS) is 14.2. The van der Waals surface area contributed by atoms with E-state index in [0.717, 1.165) is 5.56 Å². The molecule has 1 N–H and O–H groups in total. The van der Waals surface area contributed by atoms with Gasteiger partial charge in [-0.15, -0.1) is 0 Å². The van der Waals surface area contributed by atoms with Crippen LogP contribution >= 0.6 is 0 Å². The molecular formula is C20H25N5O2. The quantitative estimate of drug-likeness (QED) is 0.894. The largest absolute Gasteiger partial charge is 0.366 e. The Labute approximate surface area is 159 Å². The molecule has 7 heteroatoms. The van der Waals surface area contributed by atoms with E-state index >= 15 is 0 Å². The van der Waals surface area contributed by atoms with Crippen molar-refractivity contribution in [3.63, 3.8) is 0 Å². The second-order valence-electron chi connectivity index (χ2n) is 6.82. The van der Waals surface area contributed by atoms with E-state index in [1.165, 1.54) is 5.56 Å². The zero-order valence-electron chi connectivity index (χ0n) is 16.0. The molecule has 1 aliphatic rings. The molecule has 1 fully saturated rings. The maximum absolute atomic E-state index is 12.8. The first kappa shape index (κ1) is 18.8. The minimum Gasteiger partial charge on any atom is -0.366 e. The molecule has 0 bridgehead atoms. The van der Waals surface area contributed by atoms with Crippen molar-refractivity contribution in [1.29, 1.82) is 0 Å². The second-order valence-corrected chi connectivity index (χ2v) is 6.82. The lowest BCUT2D eigenvalue weighted by atomic mass is 10.1. The summed E-state index contributed by atoms with van der Waals surface area (Å²) < 4.78 is 0. The highest BCUT2D eigenvalue weighted by Crippen LogP contribution is 2.13. The van der Waals surface area contributed by atoms with Crippen molar-refractivity contribution in [2.24, 2.45) is 0 Å².